The molecule has 3 N–H and O–H groups in total. The van der Waals surface area contributed by atoms with E-state index in [4.69, 9.17) is 9.47 Å². The van der Waals surface area contributed by atoms with E-state index >= 15 is 0 Å². The number of alkyl halides is 3. The summed E-state index contributed by atoms with van der Waals surface area (Å²) in [6.07, 6.45) is -1.19. The quantitative estimate of drug-likeness (QED) is 0.111. The number of halogens is 4. The van der Waals surface area contributed by atoms with Gasteiger partial charge < -0.3 is 25.4 Å². The lowest BCUT2D eigenvalue weighted by Gasteiger charge is -2.12. The number of aromatic nitrogens is 2. The van der Waals surface area contributed by atoms with E-state index in [1.54, 1.807) is 25.6 Å². The van der Waals surface area contributed by atoms with Crippen LogP contribution in [0.15, 0.2) is 79.1 Å². The van der Waals surface area contributed by atoms with Gasteiger partial charge in [0.05, 0.1) is 33.0 Å². The number of nitrogens with zero attached hydrogens (tertiary/aromatic N) is 2. The van der Waals surface area contributed by atoms with Gasteiger partial charge in [-0.2, -0.15) is 13.2 Å². The van der Waals surface area contributed by atoms with Crippen molar-refractivity contribution in [3.8, 4) is 22.1 Å². The molecular formula is C30H25F4N5O3S. The molecule has 0 spiro atoms. The number of fused-ring (bicyclic) bond motifs is 1. The van der Waals surface area contributed by atoms with Crippen LogP contribution in [-0.4, -0.2) is 36.3 Å². The molecule has 13 heteroatoms. The molecule has 0 atom stereocenters. The second-order valence-electron chi connectivity index (χ2n) is 9.26. The highest BCUT2D eigenvalue weighted by Crippen LogP contribution is 2.39. The molecule has 3 aromatic heterocycles. The normalized spacial score (nSPS) is 11.5. The van der Waals surface area contributed by atoms with Gasteiger partial charge in [0.25, 0.3) is 0 Å². The number of hydrogen-bond acceptors (Lipinski definition) is 7. The number of nitrogens with one attached hydrogen (secondary N) is 3. The molecule has 0 aliphatic heterocycles. The summed E-state index contributed by atoms with van der Waals surface area (Å²) >= 11 is 1.41. The van der Waals surface area contributed by atoms with Crippen molar-refractivity contribution in [1.82, 2.24) is 15.3 Å². The number of benzene rings is 2. The van der Waals surface area contributed by atoms with E-state index in [0.717, 1.165) is 40.9 Å². The molecule has 2 amide bonds. The number of carbonyl (C=O) groups excluding carboxylic acids is 1. The number of pyridine rings is 2. The van der Waals surface area contributed by atoms with Gasteiger partial charge in [-0.3, -0.25) is 9.97 Å². The summed E-state index contributed by atoms with van der Waals surface area (Å²) in [5, 5.41) is 7.98. The fourth-order valence-electron chi connectivity index (χ4n) is 4.05. The fraction of sp³-hybridized carbons (Fsp3) is 0.167. The maximum absolute atomic E-state index is 15.0. The second-order valence-corrected chi connectivity index (χ2v) is 10.3. The van der Waals surface area contributed by atoms with E-state index in [2.05, 4.69) is 25.9 Å². The third kappa shape index (κ3) is 7.63. The number of hydrogen-bond donors (Lipinski definition) is 3. The number of ether oxygens (including phenoxy) is 2. The standard InChI is InChI=1S/C30H25F4N5O3S/c1-41-12-11-35-16-18-5-7-23(37-17-18)27-15-24-28(43-27)26(9-10-36-24)42-25-8-6-21(14-22(25)31)39-29(40)38-20-4-2-3-19(13-20)30(32,33)34/h2-10,13-15,17,35H,11-12,16H2,1H3,(H2,38,39,40). The molecule has 43 heavy (non-hydrogen) atoms. The van der Waals surface area contributed by atoms with Crippen LogP contribution >= 0.6 is 11.3 Å². The minimum absolute atomic E-state index is 0.0640. The number of carbonyl (C=O) groups is 1. The van der Waals surface area contributed by atoms with Crippen LogP contribution in [0.3, 0.4) is 0 Å². The Morgan fingerprint density at radius 2 is 1.77 bits per heavy atom. The largest absolute Gasteiger partial charge is 0.453 e. The van der Waals surface area contributed by atoms with Crippen LogP contribution in [0.25, 0.3) is 20.8 Å². The summed E-state index contributed by atoms with van der Waals surface area (Å²) in [5.74, 6) is -0.452. The molecule has 0 unspecified atom stereocenters. The van der Waals surface area contributed by atoms with Crippen LogP contribution in [0.4, 0.5) is 33.7 Å². The van der Waals surface area contributed by atoms with E-state index in [1.165, 1.54) is 35.6 Å². The van der Waals surface area contributed by atoms with Gasteiger partial charge in [-0.1, -0.05) is 12.1 Å². The van der Waals surface area contributed by atoms with Crippen LogP contribution in [0.5, 0.6) is 11.5 Å². The summed E-state index contributed by atoms with van der Waals surface area (Å²) in [5.41, 5.74) is 1.57. The third-order valence-electron chi connectivity index (χ3n) is 6.12. The van der Waals surface area contributed by atoms with Crippen molar-refractivity contribution in [1.29, 1.82) is 0 Å². The molecular weight excluding hydrogens is 586 g/mol. The van der Waals surface area contributed by atoms with Crippen LogP contribution < -0.4 is 20.7 Å². The minimum atomic E-state index is -4.55. The lowest BCUT2D eigenvalue weighted by molar-refractivity contribution is -0.137. The molecule has 5 aromatic rings. The first-order valence-corrected chi connectivity index (χ1v) is 13.8. The highest BCUT2D eigenvalue weighted by molar-refractivity contribution is 7.22. The summed E-state index contributed by atoms with van der Waals surface area (Å²) in [6.45, 7) is 2.03. The first-order chi connectivity index (χ1) is 20.7. The molecule has 3 heterocycles. The second kappa shape index (κ2) is 13.2. The van der Waals surface area contributed by atoms with Crippen LogP contribution in [0.2, 0.25) is 0 Å². The van der Waals surface area contributed by atoms with E-state index in [-0.39, 0.29) is 17.1 Å². The molecule has 0 fully saturated rings. The van der Waals surface area contributed by atoms with Gasteiger partial charge in [0.1, 0.15) is 5.75 Å². The zero-order chi connectivity index (χ0) is 30.4. The number of urea groups is 1. The number of methoxy groups -OCH3 is 1. The molecule has 0 saturated heterocycles. The smallest absolute Gasteiger partial charge is 0.416 e. The summed E-state index contributed by atoms with van der Waals surface area (Å²) in [6, 6.07) is 14.6. The Kier molecular flexibility index (Phi) is 9.14. The first-order valence-electron chi connectivity index (χ1n) is 13.0. The Labute approximate surface area is 247 Å². The van der Waals surface area contributed by atoms with Crippen LogP contribution in [-0.2, 0) is 17.5 Å². The van der Waals surface area contributed by atoms with Crippen molar-refractivity contribution >= 4 is 39.0 Å². The molecule has 0 saturated carbocycles. The predicted octanol–water partition coefficient (Wildman–Crippen LogP) is 7.69. The van der Waals surface area contributed by atoms with E-state index in [9.17, 15) is 22.4 Å². The maximum atomic E-state index is 15.0. The minimum Gasteiger partial charge on any atom is -0.453 e. The van der Waals surface area contributed by atoms with Crippen LogP contribution in [0, 0.1) is 5.82 Å². The van der Waals surface area contributed by atoms with Crippen molar-refractivity contribution in [2.75, 3.05) is 30.9 Å². The molecule has 0 bridgehead atoms. The molecule has 0 aliphatic rings. The first kappa shape index (κ1) is 29.9. The molecule has 0 radical (unpaired) electrons. The summed E-state index contributed by atoms with van der Waals surface area (Å²) < 4.78 is 65.4. The summed E-state index contributed by atoms with van der Waals surface area (Å²) in [7, 11) is 1.65. The zero-order valence-electron chi connectivity index (χ0n) is 22.7. The Hall–Kier alpha value is -4.59. The SMILES string of the molecule is COCCNCc1ccc(-c2cc3nccc(Oc4ccc(NC(=O)Nc5cccc(C(F)(F)F)c5)cc4F)c3s2)nc1. The Morgan fingerprint density at radius 3 is 2.49 bits per heavy atom. The van der Waals surface area contributed by atoms with Gasteiger partial charge in [0.15, 0.2) is 11.6 Å². The van der Waals surface area contributed by atoms with Gasteiger partial charge in [-0.25, -0.2) is 9.18 Å². The summed E-state index contributed by atoms with van der Waals surface area (Å²) in [4.78, 5) is 22.1. The molecule has 5 rings (SSSR count). The Bertz CT molecular complexity index is 1730. The van der Waals surface area contributed by atoms with Crippen molar-refractivity contribution < 1.29 is 31.8 Å². The number of amides is 2. The number of anilines is 2. The van der Waals surface area contributed by atoms with Gasteiger partial charge in [-0.15, -0.1) is 11.3 Å². The predicted molar refractivity (Wildman–Crippen MR) is 157 cm³/mol. The maximum Gasteiger partial charge on any atom is 0.416 e. The Morgan fingerprint density at radius 1 is 0.953 bits per heavy atom. The van der Waals surface area contributed by atoms with Crippen molar-refractivity contribution in [2.24, 2.45) is 0 Å². The van der Waals surface area contributed by atoms with E-state index in [1.807, 2.05) is 18.2 Å². The van der Waals surface area contributed by atoms with Crippen molar-refractivity contribution in [3.05, 3.63) is 96.1 Å². The topological polar surface area (TPSA) is 97.4 Å². The molecule has 0 aliphatic carbocycles. The lowest BCUT2D eigenvalue weighted by Crippen LogP contribution is -2.20. The molecule has 2 aromatic carbocycles. The van der Waals surface area contributed by atoms with Crippen molar-refractivity contribution in [2.45, 2.75) is 12.7 Å². The highest BCUT2D eigenvalue weighted by atomic mass is 32.1. The van der Waals surface area contributed by atoms with Crippen molar-refractivity contribution in [3.63, 3.8) is 0 Å². The van der Waals surface area contributed by atoms with Gasteiger partial charge in [0.2, 0.25) is 0 Å². The van der Waals surface area contributed by atoms with E-state index in [0.29, 0.717) is 29.1 Å². The average Bonchev–Trinajstić information content (AvgIpc) is 3.42. The average molecular weight is 612 g/mol. The van der Waals surface area contributed by atoms with Gasteiger partial charge in [-0.05, 0) is 48.0 Å². The lowest BCUT2D eigenvalue weighted by atomic mass is 10.2. The van der Waals surface area contributed by atoms with Gasteiger partial charge in [0, 0.05) is 56.1 Å². The monoisotopic (exact) mass is 611 g/mol. The number of thiophene rings is 1. The Balaban J connectivity index is 1.25. The molecule has 8 nitrogen and oxygen atoms in total. The zero-order valence-corrected chi connectivity index (χ0v) is 23.5. The van der Waals surface area contributed by atoms with Crippen LogP contribution in [0.1, 0.15) is 11.1 Å². The van der Waals surface area contributed by atoms with E-state index < -0.39 is 23.6 Å². The third-order valence-corrected chi connectivity index (χ3v) is 7.28. The molecule has 222 valence electrons. The van der Waals surface area contributed by atoms with Gasteiger partial charge >= 0.3 is 12.2 Å². The fourth-order valence-corrected chi connectivity index (χ4v) is 5.09. The highest BCUT2D eigenvalue weighted by Gasteiger charge is 2.30. The number of rotatable bonds is 10.